The van der Waals surface area contributed by atoms with Crippen molar-refractivity contribution in [1.29, 1.82) is 0 Å². The summed E-state index contributed by atoms with van der Waals surface area (Å²) in [6, 6.07) is 0.881. The van der Waals surface area contributed by atoms with Gasteiger partial charge in [-0.3, -0.25) is 0 Å². The predicted molar refractivity (Wildman–Crippen MR) is 70.6 cm³/mol. The van der Waals surface area contributed by atoms with Crippen LogP contribution in [0.25, 0.3) is 0 Å². The molecule has 0 bridgehead atoms. The molecule has 0 aromatic carbocycles. The van der Waals surface area contributed by atoms with Crippen LogP contribution in [0.15, 0.2) is 6.07 Å². The van der Waals surface area contributed by atoms with Gasteiger partial charge in [0.25, 0.3) is 0 Å². The highest BCUT2D eigenvalue weighted by Gasteiger charge is 2.33. The van der Waals surface area contributed by atoms with Gasteiger partial charge in [0, 0.05) is 19.2 Å². The maximum Gasteiger partial charge on any atom is 0.168 e. The van der Waals surface area contributed by atoms with Crippen LogP contribution in [-0.2, 0) is 4.74 Å². The molecule has 0 radical (unpaired) electrons. The van der Waals surface area contributed by atoms with Gasteiger partial charge in [0.15, 0.2) is 23.3 Å². The van der Waals surface area contributed by atoms with E-state index in [1.54, 1.807) is 0 Å². The van der Waals surface area contributed by atoms with E-state index in [0.29, 0.717) is 26.3 Å². The molecule has 0 spiro atoms. The highest BCUT2D eigenvalue weighted by atomic mass is 19.1. The number of rotatable bonds is 3. The van der Waals surface area contributed by atoms with Crippen LogP contribution < -0.4 is 10.2 Å². The summed E-state index contributed by atoms with van der Waals surface area (Å²) < 4.78 is 33.0. The molecule has 1 aromatic rings. The molecule has 2 rings (SSSR count). The van der Waals surface area contributed by atoms with E-state index in [4.69, 9.17) is 4.74 Å². The molecule has 106 valence electrons. The molecule has 0 aliphatic carbocycles. The summed E-state index contributed by atoms with van der Waals surface area (Å²) in [5, 5.41) is 2.80. The van der Waals surface area contributed by atoms with Crippen LogP contribution in [0.2, 0.25) is 0 Å². The fourth-order valence-corrected chi connectivity index (χ4v) is 2.19. The lowest BCUT2D eigenvalue weighted by atomic mass is 10.0. The summed E-state index contributed by atoms with van der Waals surface area (Å²) >= 11 is 0. The summed E-state index contributed by atoms with van der Waals surface area (Å²) in [4.78, 5) is 5.92. The van der Waals surface area contributed by atoms with Crippen LogP contribution in [-0.4, -0.2) is 36.8 Å². The Balaban J connectivity index is 2.40. The van der Waals surface area contributed by atoms with Crippen molar-refractivity contribution in [2.45, 2.75) is 26.3 Å². The van der Waals surface area contributed by atoms with Crippen LogP contribution in [0.5, 0.6) is 0 Å². The van der Waals surface area contributed by atoms with Crippen molar-refractivity contribution >= 4 is 11.6 Å². The fraction of sp³-hybridized carbons (Fsp3) is 0.615. The Hall–Kier alpha value is -1.43. The van der Waals surface area contributed by atoms with E-state index < -0.39 is 11.6 Å². The lowest BCUT2D eigenvalue weighted by Gasteiger charge is -2.43. The van der Waals surface area contributed by atoms with Gasteiger partial charge in [-0.05, 0) is 20.8 Å². The molecular weight excluding hydrogens is 252 g/mol. The summed E-state index contributed by atoms with van der Waals surface area (Å²) in [7, 11) is 0. The third-order valence-electron chi connectivity index (χ3n) is 3.16. The van der Waals surface area contributed by atoms with E-state index in [9.17, 15) is 8.78 Å². The normalized spacial score (nSPS) is 18.5. The van der Waals surface area contributed by atoms with E-state index in [1.807, 2.05) is 25.7 Å². The highest BCUT2D eigenvalue weighted by Crippen LogP contribution is 2.29. The number of halogens is 2. The number of nitrogens with zero attached hydrogens (tertiary/aromatic N) is 2. The molecular formula is C13H19F2N3O. The number of ether oxygens (including phenoxy) is 1. The molecule has 1 aliphatic rings. The standard InChI is InChI=1S/C13H19F2N3O/c1-4-16-11-9(14)7-10(15)12(17-11)18-5-6-19-8-13(18,2)3/h7H,4-6,8H2,1-3H3,(H,16,17). The Kier molecular flexibility index (Phi) is 3.89. The zero-order valence-corrected chi connectivity index (χ0v) is 11.5. The third-order valence-corrected chi connectivity index (χ3v) is 3.16. The monoisotopic (exact) mass is 271 g/mol. The van der Waals surface area contributed by atoms with Crippen molar-refractivity contribution in [3.05, 3.63) is 17.7 Å². The van der Waals surface area contributed by atoms with Gasteiger partial charge in [-0.2, -0.15) is 0 Å². The van der Waals surface area contributed by atoms with E-state index in [-0.39, 0.29) is 17.2 Å². The number of hydrogen-bond acceptors (Lipinski definition) is 4. The summed E-state index contributed by atoms with van der Waals surface area (Å²) in [6.07, 6.45) is 0. The van der Waals surface area contributed by atoms with Gasteiger partial charge in [-0.25, -0.2) is 13.8 Å². The van der Waals surface area contributed by atoms with Crippen molar-refractivity contribution in [2.24, 2.45) is 0 Å². The number of aromatic nitrogens is 1. The zero-order chi connectivity index (χ0) is 14.0. The van der Waals surface area contributed by atoms with Crippen molar-refractivity contribution in [3.8, 4) is 0 Å². The molecule has 0 amide bonds. The van der Waals surface area contributed by atoms with Gasteiger partial charge in [0.2, 0.25) is 0 Å². The Morgan fingerprint density at radius 3 is 2.79 bits per heavy atom. The van der Waals surface area contributed by atoms with Gasteiger partial charge in [0.1, 0.15) is 0 Å². The topological polar surface area (TPSA) is 37.4 Å². The average Bonchev–Trinajstić information content (AvgIpc) is 2.33. The molecule has 6 heteroatoms. The van der Waals surface area contributed by atoms with Crippen LogP contribution in [0, 0.1) is 11.6 Å². The largest absolute Gasteiger partial charge is 0.377 e. The second-order valence-electron chi connectivity index (χ2n) is 5.17. The number of hydrogen-bond donors (Lipinski definition) is 1. The summed E-state index contributed by atoms with van der Waals surface area (Å²) in [5.41, 5.74) is -0.368. The molecule has 19 heavy (non-hydrogen) atoms. The third kappa shape index (κ3) is 2.78. The minimum Gasteiger partial charge on any atom is -0.377 e. The molecule has 0 unspecified atom stereocenters. The average molecular weight is 271 g/mol. The van der Waals surface area contributed by atoms with Gasteiger partial charge in [0.05, 0.1) is 18.8 Å². The summed E-state index contributed by atoms with van der Waals surface area (Å²) in [6.45, 7) is 7.80. The molecule has 0 atom stereocenters. The van der Waals surface area contributed by atoms with Crippen molar-refractivity contribution in [2.75, 3.05) is 36.5 Å². The fourth-order valence-electron chi connectivity index (χ4n) is 2.19. The Labute approximate surface area is 111 Å². The van der Waals surface area contributed by atoms with Crippen molar-refractivity contribution < 1.29 is 13.5 Å². The van der Waals surface area contributed by atoms with E-state index in [1.165, 1.54) is 0 Å². The zero-order valence-electron chi connectivity index (χ0n) is 11.5. The lowest BCUT2D eigenvalue weighted by Crippen LogP contribution is -2.53. The first-order valence-corrected chi connectivity index (χ1v) is 6.41. The van der Waals surface area contributed by atoms with Gasteiger partial charge in [-0.1, -0.05) is 0 Å². The number of pyridine rings is 1. The van der Waals surface area contributed by atoms with E-state index >= 15 is 0 Å². The summed E-state index contributed by atoms with van der Waals surface area (Å²) in [5.74, 6) is -1.06. The quantitative estimate of drug-likeness (QED) is 0.916. The highest BCUT2D eigenvalue weighted by molar-refractivity contribution is 5.51. The van der Waals surface area contributed by atoms with Crippen LogP contribution in [0.1, 0.15) is 20.8 Å². The maximum atomic E-state index is 14.0. The van der Waals surface area contributed by atoms with Crippen molar-refractivity contribution in [3.63, 3.8) is 0 Å². The Morgan fingerprint density at radius 2 is 2.16 bits per heavy atom. The molecule has 2 heterocycles. The van der Waals surface area contributed by atoms with Crippen LogP contribution in [0.4, 0.5) is 20.4 Å². The van der Waals surface area contributed by atoms with Crippen molar-refractivity contribution in [1.82, 2.24) is 4.98 Å². The lowest BCUT2D eigenvalue weighted by molar-refractivity contribution is 0.0634. The molecule has 1 aromatic heterocycles. The second kappa shape index (κ2) is 5.28. The predicted octanol–water partition coefficient (Wildman–Crippen LogP) is 2.41. The number of anilines is 2. The Bertz CT molecular complexity index is 465. The molecule has 1 N–H and O–H groups in total. The molecule has 1 saturated heterocycles. The molecule has 1 aliphatic heterocycles. The number of morpholine rings is 1. The van der Waals surface area contributed by atoms with Gasteiger partial charge < -0.3 is 15.0 Å². The van der Waals surface area contributed by atoms with Crippen LogP contribution in [0.3, 0.4) is 0 Å². The molecule has 1 fully saturated rings. The SMILES string of the molecule is CCNc1nc(N2CCOCC2(C)C)c(F)cc1F. The molecule has 4 nitrogen and oxygen atoms in total. The van der Waals surface area contributed by atoms with E-state index in [0.717, 1.165) is 6.07 Å². The van der Waals surface area contributed by atoms with E-state index in [2.05, 4.69) is 10.3 Å². The van der Waals surface area contributed by atoms with Gasteiger partial charge in [-0.15, -0.1) is 0 Å². The minimum atomic E-state index is -0.672. The van der Waals surface area contributed by atoms with Gasteiger partial charge >= 0.3 is 0 Å². The first-order valence-electron chi connectivity index (χ1n) is 6.41. The van der Waals surface area contributed by atoms with Crippen LogP contribution >= 0.6 is 0 Å². The first-order chi connectivity index (χ1) is 8.95. The maximum absolute atomic E-state index is 14.0. The Morgan fingerprint density at radius 1 is 1.42 bits per heavy atom. The molecule has 0 saturated carbocycles. The first kappa shape index (κ1) is 14.0. The number of nitrogens with one attached hydrogen (secondary N) is 1. The minimum absolute atomic E-state index is 0.0844. The smallest absolute Gasteiger partial charge is 0.168 e. The second-order valence-corrected chi connectivity index (χ2v) is 5.17.